The first kappa shape index (κ1) is 16.0. The van der Waals surface area contributed by atoms with Crippen molar-refractivity contribution >= 4 is 0 Å². The molecule has 0 heterocycles. The van der Waals surface area contributed by atoms with Crippen LogP contribution in [0.3, 0.4) is 0 Å². The van der Waals surface area contributed by atoms with Crippen molar-refractivity contribution in [2.45, 2.75) is 0 Å². The minimum Gasteiger partial charge on any atom is -0.457 e. The van der Waals surface area contributed by atoms with Gasteiger partial charge in [0.15, 0.2) is 0 Å². The molecule has 0 saturated heterocycles. The fourth-order valence-electron chi connectivity index (χ4n) is 2.12. The molecule has 0 fully saturated rings. The van der Waals surface area contributed by atoms with E-state index in [1.54, 1.807) is 54.6 Å². The molecule has 0 saturated carbocycles. The lowest BCUT2D eigenvalue weighted by atomic mass is 10.2. The smallest absolute Gasteiger partial charge is 0.134 e. The highest BCUT2D eigenvalue weighted by molar-refractivity contribution is 5.42. The SMILES string of the molecule is N#Cc1ccc(Oc2cc(F)cc(Oc3ccc(C#N)cc3)c2)cc1. The molecule has 120 valence electrons. The third kappa shape index (κ3) is 4.13. The van der Waals surface area contributed by atoms with Gasteiger partial charge < -0.3 is 9.47 Å². The van der Waals surface area contributed by atoms with Gasteiger partial charge in [-0.15, -0.1) is 0 Å². The van der Waals surface area contributed by atoms with Crippen LogP contribution < -0.4 is 9.47 Å². The van der Waals surface area contributed by atoms with Crippen molar-refractivity contribution in [1.82, 2.24) is 0 Å². The number of hydrogen-bond donors (Lipinski definition) is 0. The molecule has 0 bridgehead atoms. The van der Waals surface area contributed by atoms with E-state index in [-0.39, 0.29) is 11.5 Å². The van der Waals surface area contributed by atoms with Gasteiger partial charge in [-0.25, -0.2) is 4.39 Å². The summed E-state index contributed by atoms with van der Waals surface area (Å²) in [5.74, 6) is 0.999. The Balaban J connectivity index is 1.79. The average molecular weight is 330 g/mol. The van der Waals surface area contributed by atoms with Crippen molar-refractivity contribution in [3.05, 3.63) is 83.7 Å². The molecular formula is C20H11FN2O2. The number of hydrogen-bond acceptors (Lipinski definition) is 4. The Labute approximate surface area is 143 Å². The van der Waals surface area contributed by atoms with Gasteiger partial charge in [0.1, 0.15) is 28.8 Å². The van der Waals surface area contributed by atoms with Crippen molar-refractivity contribution in [2.24, 2.45) is 0 Å². The molecular weight excluding hydrogens is 319 g/mol. The largest absolute Gasteiger partial charge is 0.457 e. The average Bonchev–Trinajstić information content (AvgIpc) is 2.62. The second kappa shape index (κ2) is 7.16. The van der Waals surface area contributed by atoms with Crippen molar-refractivity contribution < 1.29 is 13.9 Å². The maximum absolute atomic E-state index is 13.8. The highest BCUT2D eigenvalue weighted by Gasteiger charge is 2.06. The molecule has 4 nitrogen and oxygen atoms in total. The summed E-state index contributed by atoms with van der Waals surface area (Å²) in [7, 11) is 0. The van der Waals surface area contributed by atoms with E-state index >= 15 is 0 Å². The van der Waals surface area contributed by atoms with E-state index in [0.717, 1.165) is 0 Å². The van der Waals surface area contributed by atoms with Crippen LogP contribution in [0.1, 0.15) is 11.1 Å². The van der Waals surface area contributed by atoms with Crippen LogP contribution in [0.15, 0.2) is 66.7 Å². The summed E-state index contributed by atoms with van der Waals surface area (Å²) in [6.45, 7) is 0. The van der Waals surface area contributed by atoms with Crippen LogP contribution in [0.4, 0.5) is 4.39 Å². The molecule has 3 aromatic rings. The first-order valence-electron chi connectivity index (χ1n) is 7.33. The monoisotopic (exact) mass is 330 g/mol. The third-order valence-corrected chi connectivity index (χ3v) is 3.28. The van der Waals surface area contributed by atoms with Gasteiger partial charge >= 0.3 is 0 Å². The second-order valence-electron chi connectivity index (χ2n) is 5.10. The summed E-state index contributed by atoms with van der Waals surface area (Å²) in [4.78, 5) is 0. The summed E-state index contributed by atoms with van der Waals surface area (Å²) < 4.78 is 25.0. The molecule has 0 aliphatic carbocycles. The third-order valence-electron chi connectivity index (χ3n) is 3.28. The Bertz CT molecular complexity index is 891. The fraction of sp³-hybridized carbons (Fsp3) is 0. The number of nitrogens with zero attached hydrogens (tertiary/aromatic N) is 2. The molecule has 0 radical (unpaired) electrons. The lowest BCUT2D eigenvalue weighted by molar-refractivity contribution is 0.451. The van der Waals surface area contributed by atoms with E-state index < -0.39 is 5.82 Å². The van der Waals surface area contributed by atoms with Gasteiger partial charge in [-0.3, -0.25) is 0 Å². The number of halogens is 1. The molecule has 0 atom stereocenters. The zero-order valence-corrected chi connectivity index (χ0v) is 12.9. The number of benzene rings is 3. The summed E-state index contributed by atoms with van der Waals surface area (Å²) in [6, 6.07) is 21.0. The maximum atomic E-state index is 13.8. The Hall–Kier alpha value is -3.83. The van der Waals surface area contributed by atoms with E-state index in [2.05, 4.69) is 0 Å². The number of ether oxygens (including phenoxy) is 2. The first-order valence-corrected chi connectivity index (χ1v) is 7.33. The van der Waals surface area contributed by atoms with Gasteiger partial charge in [0, 0.05) is 18.2 Å². The van der Waals surface area contributed by atoms with E-state index in [4.69, 9.17) is 20.0 Å². The van der Waals surface area contributed by atoms with Crippen molar-refractivity contribution in [1.29, 1.82) is 10.5 Å². The predicted octanol–water partition coefficient (Wildman–Crippen LogP) is 5.15. The Morgan fingerprint density at radius 1 is 0.600 bits per heavy atom. The molecule has 0 aliphatic rings. The quantitative estimate of drug-likeness (QED) is 0.663. The van der Waals surface area contributed by atoms with E-state index in [9.17, 15) is 4.39 Å². The number of nitriles is 2. The number of rotatable bonds is 4. The molecule has 25 heavy (non-hydrogen) atoms. The molecule has 3 rings (SSSR count). The van der Waals surface area contributed by atoms with Crippen LogP contribution >= 0.6 is 0 Å². The molecule has 0 aliphatic heterocycles. The van der Waals surface area contributed by atoms with E-state index in [1.807, 2.05) is 12.1 Å². The Kier molecular flexibility index (Phi) is 4.60. The maximum Gasteiger partial charge on any atom is 0.134 e. The second-order valence-corrected chi connectivity index (χ2v) is 5.10. The van der Waals surface area contributed by atoms with Crippen LogP contribution in [0.25, 0.3) is 0 Å². The van der Waals surface area contributed by atoms with E-state index in [0.29, 0.717) is 22.6 Å². The van der Waals surface area contributed by atoms with Gasteiger partial charge in [-0.05, 0) is 48.5 Å². The highest BCUT2D eigenvalue weighted by Crippen LogP contribution is 2.30. The normalized spacial score (nSPS) is 9.72. The lowest BCUT2D eigenvalue weighted by Gasteiger charge is -2.10. The van der Waals surface area contributed by atoms with Crippen molar-refractivity contribution in [3.8, 4) is 35.1 Å². The van der Waals surface area contributed by atoms with Gasteiger partial charge in [0.25, 0.3) is 0 Å². The minimum absolute atomic E-state index is 0.272. The van der Waals surface area contributed by atoms with Gasteiger partial charge in [0.2, 0.25) is 0 Å². The lowest BCUT2D eigenvalue weighted by Crippen LogP contribution is -1.90. The fourth-order valence-corrected chi connectivity index (χ4v) is 2.12. The zero-order chi connectivity index (χ0) is 17.6. The topological polar surface area (TPSA) is 66.0 Å². The molecule has 0 unspecified atom stereocenters. The summed E-state index contributed by atoms with van der Waals surface area (Å²) in [5.41, 5.74) is 1.02. The van der Waals surface area contributed by atoms with Crippen LogP contribution in [0.5, 0.6) is 23.0 Å². The molecule has 3 aromatic carbocycles. The van der Waals surface area contributed by atoms with Crippen LogP contribution in [0, 0.1) is 28.5 Å². The van der Waals surface area contributed by atoms with E-state index in [1.165, 1.54) is 12.1 Å². The summed E-state index contributed by atoms with van der Waals surface area (Å²) in [5, 5.41) is 17.6. The highest BCUT2D eigenvalue weighted by atomic mass is 19.1. The molecule has 5 heteroatoms. The summed E-state index contributed by atoms with van der Waals surface area (Å²) >= 11 is 0. The van der Waals surface area contributed by atoms with Crippen molar-refractivity contribution in [2.75, 3.05) is 0 Å². The molecule has 0 amide bonds. The molecule has 0 N–H and O–H groups in total. The first-order chi connectivity index (χ1) is 12.2. The van der Waals surface area contributed by atoms with Gasteiger partial charge in [-0.1, -0.05) is 0 Å². The summed E-state index contributed by atoms with van der Waals surface area (Å²) in [6.07, 6.45) is 0. The Morgan fingerprint density at radius 2 is 1.00 bits per heavy atom. The van der Waals surface area contributed by atoms with Crippen LogP contribution in [0.2, 0.25) is 0 Å². The molecule has 0 spiro atoms. The standard InChI is InChI=1S/C20H11FN2O2/c21-16-9-19(24-17-5-1-14(12-22)2-6-17)11-20(10-16)25-18-7-3-15(13-23)4-8-18/h1-11H. The zero-order valence-electron chi connectivity index (χ0n) is 12.9. The van der Waals surface area contributed by atoms with Crippen LogP contribution in [-0.4, -0.2) is 0 Å². The van der Waals surface area contributed by atoms with Gasteiger partial charge in [0.05, 0.1) is 23.3 Å². The molecule has 0 aromatic heterocycles. The van der Waals surface area contributed by atoms with Crippen LogP contribution in [-0.2, 0) is 0 Å². The predicted molar refractivity (Wildman–Crippen MR) is 88.9 cm³/mol. The minimum atomic E-state index is -0.505. The van der Waals surface area contributed by atoms with Crippen molar-refractivity contribution in [3.63, 3.8) is 0 Å². The van der Waals surface area contributed by atoms with Gasteiger partial charge in [-0.2, -0.15) is 10.5 Å². The Morgan fingerprint density at radius 3 is 1.36 bits per heavy atom.